The Labute approximate surface area is 196 Å². The van der Waals surface area contributed by atoms with Gasteiger partial charge in [0, 0.05) is 24.2 Å². The summed E-state index contributed by atoms with van der Waals surface area (Å²) in [4.78, 5) is 17.6. The van der Waals surface area contributed by atoms with E-state index in [0.29, 0.717) is 18.2 Å². The minimum Gasteiger partial charge on any atom is -0.394 e. The minimum atomic E-state index is -0.286. The topological polar surface area (TPSA) is 79.2 Å². The van der Waals surface area contributed by atoms with E-state index in [1.54, 1.807) is 6.92 Å². The SMILES string of the molecule is Cc1cccc(CNc2nc3cc(C(=O)NC(C)CO)ccc3n2C2CCCCCC2)c1C. The lowest BCUT2D eigenvalue weighted by Crippen LogP contribution is -2.34. The number of fused-ring (bicyclic) bond motifs is 1. The number of nitrogens with zero attached hydrogens (tertiary/aromatic N) is 2. The molecule has 1 unspecified atom stereocenters. The molecular formula is C27H36N4O2. The van der Waals surface area contributed by atoms with Crippen LogP contribution in [0.5, 0.6) is 0 Å². The minimum absolute atomic E-state index is 0.0866. The maximum atomic E-state index is 12.6. The van der Waals surface area contributed by atoms with E-state index in [-0.39, 0.29) is 18.6 Å². The van der Waals surface area contributed by atoms with Gasteiger partial charge in [0.05, 0.1) is 17.6 Å². The van der Waals surface area contributed by atoms with Crippen LogP contribution in [-0.2, 0) is 6.54 Å². The van der Waals surface area contributed by atoms with Crippen molar-refractivity contribution < 1.29 is 9.90 Å². The van der Waals surface area contributed by atoms with E-state index in [0.717, 1.165) is 29.8 Å². The van der Waals surface area contributed by atoms with Crippen molar-refractivity contribution in [3.8, 4) is 0 Å². The van der Waals surface area contributed by atoms with E-state index in [1.165, 1.54) is 42.4 Å². The number of nitrogens with one attached hydrogen (secondary N) is 2. The molecule has 1 aromatic heterocycles. The zero-order chi connectivity index (χ0) is 23.4. The van der Waals surface area contributed by atoms with Crippen LogP contribution in [0.1, 0.15) is 78.5 Å². The predicted molar refractivity (Wildman–Crippen MR) is 134 cm³/mol. The van der Waals surface area contributed by atoms with Crippen molar-refractivity contribution in [2.45, 2.75) is 77.9 Å². The molecule has 1 heterocycles. The van der Waals surface area contributed by atoms with E-state index in [1.807, 2.05) is 18.2 Å². The van der Waals surface area contributed by atoms with Gasteiger partial charge in [-0.1, -0.05) is 43.9 Å². The van der Waals surface area contributed by atoms with Crippen molar-refractivity contribution in [2.24, 2.45) is 0 Å². The Morgan fingerprint density at radius 3 is 2.64 bits per heavy atom. The number of anilines is 1. The van der Waals surface area contributed by atoms with Gasteiger partial charge in [0.2, 0.25) is 5.95 Å². The normalized spacial score (nSPS) is 15.9. The number of aryl methyl sites for hydroxylation is 1. The molecule has 1 aliphatic carbocycles. The van der Waals surface area contributed by atoms with Crippen LogP contribution in [0, 0.1) is 13.8 Å². The largest absolute Gasteiger partial charge is 0.394 e. The molecule has 0 radical (unpaired) electrons. The number of carbonyl (C=O) groups excluding carboxylic acids is 1. The van der Waals surface area contributed by atoms with Crippen LogP contribution in [0.3, 0.4) is 0 Å². The van der Waals surface area contributed by atoms with Crippen LogP contribution in [0.2, 0.25) is 0 Å². The third-order valence-corrected chi connectivity index (χ3v) is 6.95. The van der Waals surface area contributed by atoms with Crippen molar-refractivity contribution >= 4 is 22.9 Å². The fourth-order valence-electron chi connectivity index (χ4n) is 4.78. The second-order valence-electron chi connectivity index (χ2n) is 9.42. The lowest BCUT2D eigenvalue weighted by molar-refractivity contribution is 0.0922. The quantitative estimate of drug-likeness (QED) is 0.430. The average molecular weight is 449 g/mol. The Hall–Kier alpha value is -2.86. The summed E-state index contributed by atoms with van der Waals surface area (Å²) in [5, 5.41) is 15.7. The highest BCUT2D eigenvalue weighted by atomic mass is 16.3. The first kappa shape index (κ1) is 23.3. The highest BCUT2D eigenvalue weighted by molar-refractivity contribution is 5.98. The van der Waals surface area contributed by atoms with Gasteiger partial charge >= 0.3 is 0 Å². The molecule has 1 aliphatic rings. The van der Waals surface area contributed by atoms with Crippen molar-refractivity contribution in [1.29, 1.82) is 0 Å². The fraction of sp³-hybridized carbons (Fsp3) is 0.481. The molecule has 33 heavy (non-hydrogen) atoms. The monoisotopic (exact) mass is 448 g/mol. The number of hydrogen-bond acceptors (Lipinski definition) is 4. The zero-order valence-corrected chi connectivity index (χ0v) is 20.0. The molecule has 0 aliphatic heterocycles. The van der Waals surface area contributed by atoms with Crippen LogP contribution in [0.25, 0.3) is 11.0 Å². The first-order chi connectivity index (χ1) is 16.0. The maximum Gasteiger partial charge on any atom is 0.251 e. The molecule has 0 bridgehead atoms. The number of carbonyl (C=O) groups is 1. The van der Waals surface area contributed by atoms with E-state index in [4.69, 9.17) is 4.98 Å². The highest BCUT2D eigenvalue weighted by Gasteiger charge is 2.22. The first-order valence-corrected chi connectivity index (χ1v) is 12.2. The molecule has 1 saturated carbocycles. The van der Waals surface area contributed by atoms with Crippen LogP contribution in [0.15, 0.2) is 36.4 Å². The van der Waals surface area contributed by atoms with E-state index >= 15 is 0 Å². The molecule has 1 fully saturated rings. The van der Waals surface area contributed by atoms with Gasteiger partial charge in [0.1, 0.15) is 0 Å². The molecule has 3 N–H and O–H groups in total. The summed E-state index contributed by atoms with van der Waals surface area (Å²) in [6.07, 6.45) is 7.36. The third kappa shape index (κ3) is 5.22. The van der Waals surface area contributed by atoms with Crippen molar-refractivity contribution in [3.05, 3.63) is 58.7 Å². The van der Waals surface area contributed by atoms with Gasteiger partial charge in [0.25, 0.3) is 5.91 Å². The molecule has 6 nitrogen and oxygen atoms in total. The molecule has 6 heteroatoms. The lowest BCUT2D eigenvalue weighted by atomic mass is 10.0. The second-order valence-corrected chi connectivity index (χ2v) is 9.42. The summed E-state index contributed by atoms with van der Waals surface area (Å²) < 4.78 is 2.36. The standard InChI is InChI=1S/C27H36N4O2/c1-18-9-8-10-22(20(18)3)16-28-27-30-24-15-21(26(33)29-19(2)17-32)13-14-25(24)31(27)23-11-6-4-5-7-12-23/h8-10,13-15,19,23,32H,4-7,11-12,16-17H2,1-3H3,(H,28,30)(H,29,33). The summed E-state index contributed by atoms with van der Waals surface area (Å²) >= 11 is 0. The van der Waals surface area contributed by atoms with Gasteiger partial charge in [-0.25, -0.2) is 4.98 Å². The van der Waals surface area contributed by atoms with Crippen molar-refractivity contribution in [1.82, 2.24) is 14.9 Å². The van der Waals surface area contributed by atoms with Crippen molar-refractivity contribution in [2.75, 3.05) is 11.9 Å². The van der Waals surface area contributed by atoms with Crippen molar-refractivity contribution in [3.63, 3.8) is 0 Å². The van der Waals surface area contributed by atoms with Gasteiger partial charge in [-0.15, -0.1) is 0 Å². The summed E-state index contributed by atoms with van der Waals surface area (Å²) in [7, 11) is 0. The number of imidazole rings is 1. The zero-order valence-electron chi connectivity index (χ0n) is 20.0. The summed E-state index contributed by atoms with van der Waals surface area (Å²) in [6.45, 7) is 6.72. The number of amides is 1. The Balaban J connectivity index is 1.68. The van der Waals surface area contributed by atoms with E-state index < -0.39 is 0 Å². The number of aromatic nitrogens is 2. The Bertz CT molecular complexity index is 1110. The molecule has 1 amide bonds. The van der Waals surface area contributed by atoms with Gasteiger partial charge in [-0.3, -0.25) is 4.79 Å². The summed E-state index contributed by atoms with van der Waals surface area (Å²) in [5.41, 5.74) is 6.32. The van der Waals surface area contributed by atoms with Crippen LogP contribution >= 0.6 is 0 Å². The predicted octanol–water partition coefficient (Wildman–Crippen LogP) is 5.27. The van der Waals surface area contributed by atoms with Gasteiger partial charge in [0.15, 0.2) is 0 Å². The molecule has 2 aromatic carbocycles. The number of benzene rings is 2. The van der Waals surface area contributed by atoms with Crippen LogP contribution < -0.4 is 10.6 Å². The highest BCUT2D eigenvalue weighted by Crippen LogP contribution is 2.34. The number of rotatable bonds is 7. The van der Waals surface area contributed by atoms with Crippen LogP contribution in [-0.4, -0.2) is 33.2 Å². The molecule has 0 spiro atoms. The third-order valence-electron chi connectivity index (χ3n) is 6.95. The van der Waals surface area contributed by atoms with E-state index in [9.17, 15) is 9.90 Å². The van der Waals surface area contributed by atoms with Crippen LogP contribution in [0.4, 0.5) is 5.95 Å². The Kier molecular flexibility index (Phi) is 7.33. The van der Waals surface area contributed by atoms with Gasteiger partial charge < -0.3 is 20.3 Å². The number of aliphatic hydroxyl groups excluding tert-OH is 1. The summed E-state index contributed by atoms with van der Waals surface area (Å²) in [5.74, 6) is 0.687. The molecular weight excluding hydrogens is 412 g/mol. The average Bonchev–Trinajstić information content (AvgIpc) is 2.97. The Morgan fingerprint density at radius 2 is 1.91 bits per heavy atom. The van der Waals surface area contributed by atoms with Gasteiger partial charge in [-0.05, 0) is 68.5 Å². The first-order valence-electron chi connectivity index (χ1n) is 12.2. The molecule has 4 rings (SSSR count). The molecule has 176 valence electrons. The Morgan fingerprint density at radius 1 is 1.15 bits per heavy atom. The second kappa shape index (κ2) is 10.4. The smallest absolute Gasteiger partial charge is 0.251 e. The lowest BCUT2D eigenvalue weighted by Gasteiger charge is -2.21. The molecule has 0 saturated heterocycles. The number of hydrogen-bond donors (Lipinski definition) is 3. The molecule has 1 atom stereocenters. The van der Waals surface area contributed by atoms with E-state index in [2.05, 4.69) is 47.2 Å². The van der Waals surface area contributed by atoms with Gasteiger partial charge in [-0.2, -0.15) is 0 Å². The summed E-state index contributed by atoms with van der Waals surface area (Å²) in [6, 6.07) is 12.3. The number of aliphatic hydroxyl groups is 1. The fourth-order valence-corrected chi connectivity index (χ4v) is 4.78. The molecule has 3 aromatic rings. The maximum absolute atomic E-state index is 12.6.